The average Bonchev–Trinajstić information content (AvgIpc) is 2.27. The van der Waals surface area contributed by atoms with Crippen LogP contribution in [0.5, 0.6) is 5.75 Å². The second-order valence-electron chi connectivity index (χ2n) is 3.61. The lowest BCUT2D eigenvalue weighted by atomic mass is 10.1. The van der Waals surface area contributed by atoms with Gasteiger partial charge in [-0.05, 0) is 43.9 Å². The van der Waals surface area contributed by atoms with Crippen LogP contribution < -0.4 is 4.74 Å². The van der Waals surface area contributed by atoms with Crippen molar-refractivity contribution in [1.29, 1.82) is 0 Å². The van der Waals surface area contributed by atoms with Crippen LogP contribution in [0.4, 0.5) is 0 Å². The van der Waals surface area contributed by atoms with Crippen LogP contribution in [0.25, 0.3) is 0 Å². The molecule has 0 spiro atoms. The van der Waals surface area contributed by atoms with Gasteiger partial charge in [0.25, 0.3) is 0 Å². The molecule has 1 aromatic rings. The van der Waals surface area contributed by atoms with Crippen LogP contribution in [0.3, 0.4) is 0 Å². The highest BCUT2D eigenvalue weighted by molar-refractivity contribution is 5.27. The van der Waals surface area contributed by atoms with Gasteiger partial charge in [0.1, 0.15) is 5.75 Å². The van der Waals surface area contributed by atoms with Gasteiger partial charge < -0.3 is 9.84 Å². The first kappa shape index (κ1) is 12.1. The van der Waals surface area contributed by atoms with E-state index in [-0.39, 0.29) is 0 Å². The second-order valence-corrected chi connectivity index (χ2v) is 3.61. The molecule has 0 amide bonds. The van der Waals surface area contributed by atoms with E-state index >= 15 is 0 Å². The quantitative estimate of drug-likeness (QED) is 0.698. The predicted molar refractivity (Wildman–Crippen MR) is 62.3 cm³/mol. The summed E-state index contributed by atoms with van der Waals surface area (Å²) in [6.07, 6.45) is 4.25. The third-order valence-corrected chi connectivity index (χ3v) is 2.36. The Labute approximate surface area is 91.9 Å². The van der Waals surface area contributed by atoms with E-state index < -0.39 is 0 Å². The Morgan fingerprint density at radius 2 is 1.80 bits per heavy atom. The fourth-order valence-electron chi connectivity index (χ4n) is 1.54. The third kappa shape index (κ3) is 4.84. The molecule has 15 heavy (non-hydrogen) atoms. The number of rotatable bonds is 7. The van der Waals surface area contributed by atoms with Crippen LogP contribution in [-0.2, 0) is 6.42 Å². The summed E-state index contributed by atoms with van der Waals surface area (Å²) < 4.78 is 5.37. The molecule has 0 aliphatic rings. The van der Waals surface area contributed by atoms with Crippen LogP contribution >= 0.6 is 0 Å². The summed E-state index contributed by atoms with van der Waals surface area (Å²) in [6, 6.07) is 8.27. The van der Waals surface area contributed by atoms with Crippen molar-refractivity contribution < 1.29 is 9.84 Å². The lowest BCUT2D eigenvalue weighted by molar-refractivity contribution is 0.283. The number of ether oxygens (including phenoxy) is 1. The maximum atomic E-state index is 8.64. The van der Waals surface area contributed by atoms with E-state index in [1.165, 1.54) is 5.56 Å². The summed E-state index contributed by atoms with van der Waals surface area (Å²) in [5, 5.41) is 8.64. The summed E-state index contributed by atoms with van der Waals surface area (Å²) in [5.74, 6) is 0.941. The number of aliphatic hydroxyl groups excluding tert-OH is 1. The van der Waals surface area contributed by atoms with Gasteiger partial charge in [-0.3, -0.25) is 0 Å². The number of benzene rings is 1. The van der Waals surface area contributed by atoms with Gasteiger partial charge in [-0.15, -0.1) is 0 Å². The number of aliphatic hydroxyl groups is 1. The Balaban J connectivity index is 2.29. The molecule has 0 unspecified atom stereocenters. The third-order valence-electron chi connectivity index (χ3n) is 2.36. The van der Waals surface area contributed by atoms with Crippen molar-refractivity contribution in [2.24, 2.45) is 0 Å². The fourth-order valence-corrected chi connectivity index (χ4v) is 1.54. The van der Waals surface area contributed by atoms with E-state index in [4.69, 9.17) is 9.84 Å². The van der Waals surface area contributed by atoms with Gasteiger partial charge >= 0.3 is 0 Å². The summed E-state index contributed by atoms with van der Waals surface area (Å²) >= 11 is 0. The molecule has 1 N–H and O–H groups in total. The molecule has 1 rings (SSSR count). The van der Waals surface area contributed by atoms with E-state index in [0.717, 1.165) is 38.0 Å². The maximum absolute atomic E-state index is 8.64. The van der Waals surface area contributed by atoms with E-state index in [1.807, 2.05) is 19.1 Å². The van der Waals surface area contributed by atoms with Gasteiger partial charge in [0.15, 0.2) is 0 Å². The molecule has 0 radical (unpaired) electrons. The zero-order valence-corrected chi connectivity index (χ0v) is 9.41. The highest BCUT2D eigenvalue weighted by atomic mass is 16.5. The molecule has 2 heteroatoms. The van der Waals surface area contributed by atoms with Gasteiger partial charge in [0.05, 0.1) is 6.61 Å². The molecule has 1 aromatic carbocycles. The maximum Gasteiger partial charge on any atom is 0.119 e. The molecule has 0 aliphatic carbocycles. The molecule has 0 bridgehead atoms. The van der Waals surface area contributed by atoms with Crippen molar-refractivity contribution >= 4 is 0 Å². The van der Waals surface area contributed by atoms with Gasteiger partial charge in [0.2, 0.25) is 0 Å². The van der Waals surface area contributed by atoms with Gasteiger partial charge in [-0.25, -0.2) is 0 Å². The largest absolute Gasteiger partial charge is 0.494 e. The number of aryl methyl sites for hydroxylation is 1. The monoisotopic (exact) mass is 208 g/mol. The average molecular weight is 208 g/mol. The highest BCUT2D eigenvalue weighted by Gasteiger charge is 1.95. The topological polar surface area (TPSA) is 29.5 Å². The first-order valence-corrected chi connectivity index (χ1v) is 5.69. The molecular weight excluding hydrogens is 188 g/mol. The summed E-state index contributed by atoms with van der Waals surface area (Å²) in [7, 11) is 0. The van der Waals surface area contributed by atoms with Gasteiger partial charge in [-0.2, -0.15) is 0 Å². The minimum absolute atomic E-state index is 0.309. The lowest BCUT2D eigenvalue weighted by Gasteiger charge is -2.04. The SMILES string of the molecule is CCOc1ccc(CCCCCO)cc1. The van der Waals surface area contributed by atoms with Crippen LogP contribution in [0.15, 0.2) is 24.3 Å². The Hall–Kier alpha value is -1.02. The number of unbranched alkanes of at least 4 members (excludes halogenated alkanes) is 2. The van der Waals surface area contributed by atoms with E-state index in [2.05, 4.69) is 12.1 Å². The zero-order chi connectivity index (χ0) is 10.9. The Kier molecular flexibility index (Phi) is 5.86. The smallest absolute Gasteiger partial charge is 0.119 e. The van der Waals surface area contributed by atoms with E-state index in [1.54, 1.807) is 0 Å². The van der Waals surface area contributed by atoms with Crippen LogP contribution in [0.2, 0.25) is 0 Å². The van der Waals surface area contributed by atoms with E-state index in [0.29, 0.717) is 6.61 Å². The number of hydrogen-bond donors (Lipinski definition) is 1. The van der Waals surface area contributed by atoms with Crippen LogP contribution in [0.1, 0.15) is 31.7 Å². The molecule has 84 valence electrons. The molecule has 0 atom stereocenters. The molecule has 2 nitrogen and oxygen atoms in total. The molecule has 0 saturated carbocycles. The molecule has 0 saturated heterocycles. The normalized spacial score (nSPS) is 10.3. The standard InChI is InChI=1S/C13H20O2/c1-2-15-13-9-7-12(8-10-13)6-4-3-5-11-14/h7-10,14H,2-6,11H2,1H3. The van der Waals surface area contributed by atoms with Crippen molar-refractivity contribution in [1.82, 2.24) is 0 Å². The zero-order valence-electron chi connectivity index (χ0n) is 9.41. The highest BCUT2D eigenvalue weighted by Crippen LogP contribution is 2.14. The number of hydrogen-bond acceptors (Lipinski definition) is 2. The summed E-state index contributed by atoms with van der Waals surface area (Å²) in [5.41, 5.74) is 1.34. The predicted octanol–water partition coefficient (Wildman–Crippen LogP) is 2.79. The van der Waals surface area contributed by atoms with Crippen molar-refractivity contribution in [3.63, 3.8) is 0 Å². The fraction of sp³-hybridized carbons (Fsp3) is 0.538. The Morgan fingerprint density at radius 1 is 1.07 bits per heavy atom. The van der Waals surface area contributed by atoms with Crippen molar-refractivity contribution in [2.75, 3.05) is 13.2 Å². The van der Waals surface area contributed by atoms with Crippen LogP contribution in [-0.4, -0.2) is 18.3 Å². The molecule has 0 heterocycles. The molecule has 0 fully saturated rings. The van der Waals surface area contributed by atoms with E-state index in [9.17, 15) is 0 Å². The Morgan fingerprint density at radius 3 is 2.40 bits per heavy atom. The Bertz CT molecular complexity index is 254. The molecule has 0 aliphatic heterocycles. The van der Waals surface area contributed by atoms with Crippen molar-refractivity contribution in [3.05, 3.63) is 29.8 Å². The molecule has 0 aromatic heterocycles. The van der Waals surface area contributed by atoms with Crippen molar-refractivity contribution in [2.45, 2.75) is 32.6 Å². The minimum atomic E-state index is 0.309. The first-order chi connectivity index (χ1) is 7.36. The van der Waals surface area contributed by atoms with Crippen molar-refractivity contribution in [3.8, 4) is 5.75 Å². The van der Waals surface area contributed by atoms with Gasteiger partial charge in [-0.1, -0.05) is 18.6 Å². The minimum Gasteiger partial charge on any atom is -0.494 e. The van der Waals surface area contributed by atoms with Gasteiger partial charge in [0, 0.05) is 6.61 Å². The summed E-state index contributed by atoms with van der Waals surface area (Å²) in [4.78, 5) is 0. The summed E-state index contributed by atoms with van der Waals surface area (Å²) in [6.45, 7) is 3.02. The first-order valence-electron chi connectivity index (χ1n) is 5.69. The van der Waals surface area contributed by atoms with Crippen LogP contribution in [0, 0.1) is 0 Å². The lowest BCUT2D eigenvalue weighted by Crippen LogP contribution is -1.92. The molecular formula is C13H20O2. The second kappa shape index (κ2) is 7.30.